The molecule has 3 heterocycles. The van der Waals surface area contributed by atoms with E-state index in [1.807, 2.05) is 17.4 Å². The van der Waals surface area contributed by atoms with Crippen LogP contribution in [0.4, 0.5) is 0 Å². The van der Waals surface area contributed by atoms with E-state index >= 15 is 0 Å². The predicted octanol–water partition coefficient (Wildman–Crippen LogP) is 12.8. The van der Waals surface area contributed by atoms with Crippen molar-refractivity contribution in [1.82, 2.24) is 15.0 Å². The average Bonchev–Trinajstić information content (AvgIpc) is 3.64. The van der Waals surface area contributed by atoms with Gasteiger partial charge in [-0.1, -0.05) is 116 Å². The van der Waals surface area contributed by atoms with Crippen LogP contribution < -0.4 is 0 Å². The molecule has 2 aliphatic rings. The second-order valence-corrected chi connectivity index (χ2v) is 14.8. The zero-order chi connectivity index (χ0) is 34.6. The number of fused-ring (bicyclic) bond motifs is 6. The Kier molecular flexibility index (Phi) is 7.40. The summed E-state index contributed by atoms with van der Waals surface area (Å²) < 4.78 is 7.74. The van der Waals surface area contributed by atoms with Crippen molar-refractivity contribution >= 4 is 55.0 Å². The number of allylic oxidation sites excluding steroid dienone is 7. The van der Waals surface area contributed by atoms with Crippen LogP contribution in [-0.4, -0.2) is 15.0 Å². The first-order valence-corrected chi connectivity index (χ1v) is 18.6. The summed E-state index contributed by atoms with van der Waals surface area (Å²) in [5.41, 5.74) is 10.7. The minimum absolute atomic E-state index is 0.505. The van der Waals surface area contributed by atoms with E-state index in [2.05, 4.69) is 153 Å². The maximum atomic E-state index is 6.50. The molecule has 248 valence electrons. The van der Waals surface area contributed by atoms with Crippen molar-refractivity contribution in [3.63, 3.8) is 0 Å². The van der Waals surface area contributed by atoms with Gasteiger partial charge in [0.15, 0.2) is 17.5 Å². The number of furan rings is 1. The third kappa shape index (κ3) is 5.51. The first kappa shape index (κ1) is 30.6. The smallest absolute Gasteiger partial charge is 0.164 e. The number of rotatable bonds is 5. The van der Waals surface area contributed by atoms with E-state index < -0.39 is 0 Å². The maximum Gasteiger partial charge on any atom is 0.164 e. The molecular formula is C47H33N3OS. The largest absolute Gasteiger partial charge is 0.456 e. The molecule has 2 aliphatic carbocycles. The molecule has 3 aromatic heterocycles. The van der Waals surface area contributed by atoms with Crippen LogP contribution in [-0.2, 0) is 6.42 Å². The molecule has 10 rings (SSSR count). The third-order valence-electron chi connectivity index (χ3n) is 10.1. The van der Waals surface area contributed by atoms with Gasteiger partial charge in [0.05, 0.1) is 0 Å². The van der Waals surface area contributed by atoms with Crippen molar-refractivity contribution in [2.24, 2.45) is 5.92 Å². The molecule has 0 aliphatic heterocycles. The minimum Gasteiger partial charge on any atom is -0.456 e. The lowest BCUT2D eigenvalue weighted by Gasteiger charge is -2.15. The Balaban J connectivity index is 1.11. The minimum atomic E-state index is 0.505. The summed E-state index contributed by atoms with van der Waals surface area (Å²) in [6.07, 6.45) is 17.3. The predicted molar refractivity (Wildman–Crippen MR) is 217 cm³/mol. The van der Waals surface area contributed by atoms with E-state index in [0.717, 1.165) is 62.6 Å². The molecule has 0 spiro atoms. The van der Waals surface area contributed by atoms with Crippen LogP contribution in [0.5, 0.6) is 0 Å². The van der Waals surface area contributed by atoms with Crippen LogP contribution >= 0.6 is 11.3 Å². The Hall–Kier alpha value is -6.17. The van der Waals surface area contributed by atoms with E-state index in [9.17, 15) is 0 Å². The third-order valence-corrected chi connectivity index (χ3v) is 11.3. The van der Waals surface area contributed by atoms with Crippen LogP contribution in [0.3, 0.4) is 0 Å². The molecule has 0 fully saturated rings. The monoisotopic (exact) mass is 687 g/mol. The molecule has 8 aromatic rings. The highest BCUT2D eigenvalue weighted by atomic mass is 32.1. The molecule has 5 aromatic carbocycles. The molecule has 0 saturated heterocycles. The van der Waals surface area contributed by atoms with Gasteiger partial charge >= 0.3 is 0 Å². The first-order valence-electron chi connectivity index (χ1n) is 17.8. The fourth-order valence-electron chi connectivity index (χ4n) is 7.47. The lowest BCUT2D eigenvalue weighted by atomic mass is 9.90. The highest BCUT2D eigenvalue weighted by molar-refractivity contribution is 7.20. The fourth-order valence-corrected chi connectivity index (χ4v) is 8.65. The molecule has 0 saturated carbocycles. The molecular weight excluding hydrogens is 655 g/mol. The molecule has 52 heavy (non-hydrogen) atoms. The summed E-state index contributed by atoms with van der Waals surface area (Å²) in [4.78, 5) is 16.7. The van der Waals surface area contributed by atoms with Crippen molar-refractivity contribution in [1.29, 1.82) is 0 Å². The average molecular weight is 688 g/mol. The van der Waals surface area contributed by atoms with Crippen molar-refractivity contribution in [3.05, 3.63) is 162 Å². The zero-order valence-corrected chi connectivity index (χ0v) is 29.4. The SMILES string of the molecule is CC1C=CC=C(c2cccc(-c3nc(-c4ccc5c(c4)oc4cc(-c6ccccc6)ccc45)nc(-c4ccc5c6c(sc5c4)C=CC=CC6)n3)c2)C1. The Morgan fingerprint density at radius 3 is 2.02 bits per heavy atom. The van der Waals surface area contributed by atoms with Crippen molar-refractivity contribution in [3.8, 4) is 45.3 Å². The van der Waals surface area contributed by atoms with E-state index in [4.69, 9.17) is 19.4 Å². The molecule has 0 N–H and O–H groups in total. The van der Waals surface area contributed by atoms with Gasteiger partial charge in [0, 0.05) is 37.0 Å². The Morgan fingerprint density at radius 2 is 1.25 bits per heavy atom. The fraction of sp³-hybridized carbons (Fsp3) is 0.0851. The number of nitrogens with zero attached hydrogens (tertiary/aromatic N) is 3. The van der Waals surface area contributed by atoms with Gasteiger partial charge in [-0.2, -0.15) is 0 Å². The summed E-state index contributed by atoms with van der Waals surface area (Å²) >= 11 is 1.82. The van der Waals surface area contributed by atoms with Gasteiger partial charge < -0.3 is 4.42 Å². The lowest BCUT2D eigenvalue weighted by molar-refractivity contribution is 0.669. The summed E-state index contributed by atoms with van der Waals surface area (Å²) in [5, 5.41) is 3.44. The quantitative estimate of drug-likeness (QED) is 0.181. The normalized spacial score (nSPS) is 15.3. The standard InChI is InChI=1S/C47H33N3OS/c1-29-10-8-13-31(24-29)32-14-9-15-34(25-32)45-48-46(50-47(49-45)36-20-23-40-39-16-6-3-7-17-43(39)52-44(40)28-36)35-19-22-38-37-21-18-33(30-11-4-2-5-12-30)26-41(37)51-42(38)27-35/h2-15,17-23,25-29H,16,24H2,1H3. The Bertz CT molecular complexity index is 2820. The molecule has 0 amide bonds. The van der Waals surface area contributed by atoms with Gasteiger partial charge in [-0.3, -0.25) is 0 Å². The summed E-state index contributed by atoms with van der Waals surface area (Å²) in [5.74, 6) is 2.42. The highest BCUT2D eigenvalue weighted by Crippen LogP contribution is 2.38. The Labute approximate surface area is 305 Å². The molecule has 0 radical (unpaired) electrons. The molecule has 0 bridgehead atoms. The van der Waals surface area contributed by atoms with Crippen molar-refractivity contribution in [2.75, 3.05) is 0 Å². The lowest BCUT2D eigenvalue weighted by Crippen LogP contribution is -2.01. The topological polar surface area (TPSA) is 51.8 Å². The molecule has 1 unspecified atom stereocenters. The number of hydrogen-bond donors (Lipinski definition) is 0. The van der Waals surface area contributed by atoms with Gasteiger partial charge in [0.25, 0.3) is 0 Å². The molecule has 5 heteroatoms. The van der Waals surface area contributed by atoms with Crippen molar-refractivity contribution < 1.29 is 4.42 Å². The van der Waals surface area contributed by atoms with Crippen LogP contribution in [0.1, 0.15) is 29.3 Å². The van der Waals surface area contributed by atoms with Crippen LogP contribution in [0.15, 0.2) is 150 Å². The van der Waals surface area contributed by atoms with E-state index in [1.54, 1.807) is 0 Å². The van der Waals surface area contributed by atoms with Gasteiger partial charge in [-0.25, -0.2) is 15.0 Å². The van der Waals surface area contributed by atoms with Crippen LogP contribution in [0.25, 0.3) is 89.0 Å². The molecule has 4 nitrogen and oxygen atoms in total. The number of aromatic nitrogens is 3. The first-order chi connectivity index (χ1) is 25.6. The Morgan fingerprint density at radius 1 is 0.596 bits per heavy atom. The van der Waals surface area contributed by atoms with Gasteiger partial charge in [-0.05, 0) is 94.4 Å². The zero-order valence-electron chi connectivity index (χ0n) is 28.6. The maximum absolute atomic E-state index is 6.50. The van der Waals surface area contributed by atoms with Crippen molar-refractivity contribution in [2.45, 2.75) is 19.8 Å². The van der Waals surface area contributed by atoms with Gasteiger partial charge in [0.1, 0.15) is 11.2 Å². The number of benzene rings is 5. The number of hydrogen-bond acceptors (Lipinski definition) is 5. The summed E-state index contributed by atoms with van der Waals surface area (Å²) in [6, 6.07) is 38.3. The second-order valence-electron chi connectivity index (χ2n) is 13.7. The van der Waals surface area contributed by atoms with Gasteiger partial charge in [-0.15, -0.1) is 11.3 Å². The highest BCUT2D eigenvalue weighted by Gasteiger charge is 2.18. The van der Waals surface area contributed by atoms with E-state index in [-0.39, 0.29) is 0 Å². The summed E-state index contributed by atoms with van der Waals surface area (Å²) in [6.45, 7) is 2.26. The summed E-state index contributed by atoms with van der Waals surface area (Å²) in [7, 11) is 0. The molecule has 1 atom stereocenters. The number of thiophene rings is 1. The van der Waals surface area contributed by atoms with E-state index in [1.165, 1.54) is 31.7 Å². The van der Waals surface area contributed by atoms with E-state index in [0.29, 0.717) is 23.4 Å². The van der Waals surface area contributed by atoms with Crippen LogP contribution in [0.2, 0.25) is 0 Å². The second kappa shape index (κ2) is 12.6. The van der Waals surface area contributed by atoms with Crippen LogP contribution in [0, 0.1) is 5.92 Å². The van der Waals surface area contributed by atoms with Gasteiger partial charge in [0.2, 0.25) is 0 Å².